The number of hydrogen-bond donors (Lipinski definition) is 2. The first kappa shape index (κ1) is 25.7. The standard InChI is InChI=1S/C22H32Cl2N2O5S/c1-21(2,32(25)29)11-14(18-16(27)6-5-15(23)19(18)24)13-7-9-26(10-8-13)20(28)17-12-30-22(3,4)31-17/h5-6,13-14,17,27H,7-12,25H2,1-4H3/t14-,17-,32?/m1/s1. The first-order valence-electron chi connectivity index (χ1n) is 10.8. The van der Waals surface area contributed by atoms with E-state index < -0.39 is 27.6 Å². The fourth-order valence-corrected chi connectivity index (χ4v) is 5.37. The number of amides is 1. The van der Waals surface area contributed by atoms with Crippen LogP contribution in [0.5, 0.6) is 5.75 Å². The highest BCUT2D eigenvalue weighted by Gasteiger charge is 2.41. The van der Waals surface area contributed by atoms with E-state index in [2.05, 4.69) is 0 Å². The number of halogens is 2. The zero-order valence-electron chi connectivity index (χ0n) is 18.9. The summed E-state index contributed by atoms with van der Waals surface area (Å²) >= 11 is 12.8. The molecule has 0 saturated carbocycles. The van der Waals surface area contributed by atoms with Crippen LogP contribution in [0.2, 0.25) is 10.0 Å². The normalized spacial score (nSPS) is 23.8. The average molecular weight is 507 g/mol. The van der Waals surface area contributed by atoms with Gasteiger partial charge in [-0.15, -0.1) is 0 Å². The van der Waals surface area contributed by atoms with Crippen molar-refractivity contribution in [3.05, 3.63) is 27.7 Å². The second kappa shape index (κ2) is 9.76. The van der Waals surface area contributed by atoms with Crippen molar-refractivity contribution in [1.29, 1.82) is 0 Å². The Morgan fingerprint density at radius 3 is 2.50 bits per heavy atom. The maximum absolute atomic E-state index is 12.9. The Morgan fingerprint density at radius 1 is 1.34 bits per heavy atom. The van der Waals surface area contributed by atoms with Gasteiger partial charge in [-0.1, -0.05) is 23.2 Å². The van der Waals surface area contributed by atoms with Crippen LogP contribution in [0, 0.1) is 5.92 Å². The number of hydrogen-bond acceptors (Lipinski definition) is 5. The molecule has 1 amide bonds. The molecule has 2 saturated heterocycles. The van der Waals surface area contributed by atoms with Crippen LogP contribution in [-0.4, -0.2) is 56.5 Å². The molecule has 3 rings (SSSR count). The van der Waals surface area contributed by atoms with Crippen molar-refractivity contribution >= 4 is 40.1 Å². The highest BCUT2D eigenvalue weighted by atomic mass is 35.5. The molecule has 3 N–H and O–H groups in total. The van der Waals surface area contributed by atoms with E-state index in [1.54, 1.807) is 24.8 Å². The van der Waals surface area contributed by atoms with Crippen LogP contribution in [0.3, 0.4) is 0 Å². The quantitative estimate of drug-likeness (QED) is 0.607. The van der Waals surface area contributed by atoms with Crippen molar-refractivity contribution in [3.8, 4) is 5.75 Å². The predicted octanol–water partition coefficient (Wildman–Crippen LogP) is 3.96. The van der Waals surface area contributed by atoms with Crippen LogP contribution < -0.4 is 5.14 Å². The maximum atomic E-state index is 12.9. The first-order chi connectivity index (χ1) is 14.8. The Balaban J connectivity index is 1.80. The van der Waals surface area contributed by atoms with Gasteiger partial charge >= 0.3 is 0 Å². The molecule has 1 aromatic rings. The van der Waals surface area contributed by atoms with Crippen LogP contribution in [-0.2, 0) is 25.3 Å². The van der Waals surface area contributed by atoms with Gasteiger partial charge in [0.2, 0.25) is 0 Å². The Hall–Kier alpha value is -0.900. The second-order valence-corrected chi connectivity index (χ2v) is 12.1. The van der Waals surface area contributed by atoms with Gasteiger partial charge < -0.3 is 19.5 Å². The van der Waals surface area contributed by atoms with E-state index in [-0.39, 0.29) is 30.1 Å². The van der Waals surface area contributed by atoms with Crippen LogP contribution in [0.1, 0.15) is 58.4 Å². The number of phenolic OH excluding ortho intramolecular Hbond substituents is 1. The molecule has 0 bridgehead atoms. The van der Waals surface area contributed by atoms with E-state index in [9.17, 15) is 14.1 Å². The molecular formula is C22H32Cl2N2O5S. The Bertz CT molecular complexity index is 887. The number of phenols is 1. The lowest BCUT2D eigenvalue weighted by atomic mass is 9.75. The number of nitrogens with two attached hydrogens (primary N) is 1. The lowest BCUT2D eigenvalue weighted by Crippen LogP contribution is -2.46. The fourth-order valence-electron chi connectivity index (χ4n) is 4.56. The summed E-state index contributed by atoms with van der Waals surface area (Å²) in [5, 5.41) is 17.0. The molecule has 2 heterocycles. The van der Waals surface area contributed by atoms with Crippen LogP contribution in [0.15, 0.2) is 12.1 Å². The minimum absolute atomic E-state index is 0.0558. The molecule has 10 heteroatoms. The van der Waals surface area contributed by atoms with Crippen molar-refractivity contribution in [2.24, 2.45) is 11.1 Å². The van der Waals surface area contributed by atoms with Crippen LogP contribution >= 0.6 is 23.2 Å². The van der Waals surface area contributed by atoms with E-state index in [1.807, 2.05) is 13.8 Å². The molecule has 0 spiro atoms. The molecular weight excluding hydrogens is 475 g/mol. The summed E-state index contributed by atoms with van der Waals surface area (Å²) in [6, 6.07) is 3.08. The Labute approximate surface area is 202 Å². The summed E-state index contributed by atoms with van der Waals surface area (Å²) in [6.45, 7) is 8.60. The summed E-state index contributed by atoms with van der Waals surface area (Å²) in [7, 11) is -1.57. The topological polar surface area (TPSA) is 102 Å². The third-order valence-corrected chi connectivity index (χ3v) is 8.52. The molecule has 0 radical (unpaired) electrons. The summed E-state index contributed by atoms with van der Waals surface area (Å²) in [6.07, 6.45) is 1.25. The summed E-state index contributed by atoms with van der Waals surface area (Å²) < 4.78 is 22.7. The lowest BCUT2D eigenvalue weighted by molar-refractivity contribution is -0.161. The molecule has 32 heavy (non-hydrogen) atoms. The number of nitrogens with zero attached hydrogens (tertiary/aromatic N) is 1. The van der Waals surface area contributed by atoms with Gasteiger partial charge in [-0.3, -0.25) is 9.93 Å². The van der Waals surface area contributed by atoms with E-state index in [0.717, 1.165) is 0 Å². The molecule has 2 aliphatic heterocycles. The monoisotopic (exact) mass is 506 g/mol. The number of carbonyl (C=O) groups is 1. The van der Waals surface area contributed by atoms with Gasteiger partial charge in [0.15, 0.2) is 11.9 Å². The number of aromatic hydroxyl groups is 1. The minimum Gasteiger partial charge on any atom is -0.508 e. The van der Waals surface area contributed by atoms with Crippen LogP contribution in [0.25, 0.3) is 0 Å². The van der Waals surface area contributed by atoms with Gasteiger partial charge in [0.25, 0.3) is 5.91 Å². The zero-order chi connectivity index (χ0) is 23.8. The first-order valence-corrected chi connectivity index (χ1v) is 12.7. The number of benzene rings is 1. The molecule has 1 aromatic carbocycles. The molecule has 1 unspecified atom stereocenters. The molecule has 2 aliphatic rings. The maximum Gasteiger partial charge on any atom is 0.254 e. The van der Waals surface area contributed by atoms with E-state index in [0.29, 0.717) is 48.0 Å². The second-order valence-electron chi connectivity index (χ2n) is 9.64. The SMILES string of the molecule is CC1(C)OC[C@H](C(=O)N2CCC([C@@H](CC(C)(C)S(N)=O)c3c(O)ccc(Cl)c3Cl)CC2)O1. The van der Waals surface area contributed by atoms with E-state index in [1.165, 1.54) is 6.07 Å². The highest BCUT2D eigenvalue weighted by molar-refractivity contribution is 7.84. The third kappa shape index (κ3) is 5.59. The molecule has 3 atom stereocenters. The number of ether oxygens (including phenoxy) is 2. The minimum atomic E-state index is -1.57. The van der Waals surface area contributed by atoms with Gasteiger partial charge in [0.1, 0.15) is 5.75 Å². The average Bonchev–Trinajstić information content (AvgIpc) is 3.09. The summed E-state index contributed by atoms with van der Waals surface area (Å²) in [5.41, 5.74) is 0.553. The van der Waals surface area contributed by atoms with Crippen molar-refractivity contribution in [2.75, 3.05) is 19.7 Å². The van der Waals surface area contributed by atoms with Gasteiger partial charge in [-0.2, -0.15) is 0 Å². The van der Waals surface area contributed by atoms with Crippen molar-refractivity contribution < 1.29 is 23.6 Å². The van der Waals surface area contributed by atoms with E-state index >= 15 is 0 Å². The van der Waals surface area contributed by atoms with E-state index in [4.69, 9.17) is 37.8 Å². The Morgan fingerprint density at radius 2 is 1.97 bits per heavy atom. The molecule has 0 aliphatic carbocycles. The van der Waals surface area contributed by atoms with Gasteiger partial charge in [-0.05, 0) is 70.9 Å². The fraction of sp³-hybridized carbons (Fsp3) is 0.682. The van der Waals surface area contributed by atoms with Crippen LogP contribution in [0.4, 0.5) is 0 Å². The van der Waals surface area contributed by atoms with Crippen molar-refractivity contribution in [2.45, 2.75) is 69.5 Å². The molecule has 2 fully saturated rings. The number of rotatable bonds is 6. The third-order valence-electron chi connectivity index (χ3n) is 6.44. The summed E-state index contributed by atoms with van der Waals surface area (Å²) in [5.74, 6) is -0.890. The predicted molar refractivity (Wildman–Crippen MR) is 126 cm³/mol. The van der Waals surface area contributed by atoms with Gasteiger partial charge in [0.05, 0.1) is 32.4 Å². The summed E-state index contributed by atoms with van der Waals surface area (Å²) in [4.78, 5) is 14.7. The zero-order valence-corrected chi connectivity index (χ0v) is 21.2. The number of carbonyl (C=O) groups excluding carboxylic acids is 1. The number of piperidine rings is 1. The molecule has 7 nitrogen and oxygen atoms in total. The number of likely N-dealkylation sites (tertiary alicyclic amines) is 1. The molecule has 0 aromatic heterocycles. The highest BCUT2D eigenvalue weighted by Crippen LogP contribution is 2.47. The largest absolute Gasteiger partial charge is 0.508 e. The van der Waals surface area contributed by atoms with Crippen molar-refractivity contribution in [1.82, 2.24) is 4.90 Å². The van der Waals surface area contributed by atoms with Gasteiger partial charge in [0, 0.05) is 18.7 Å². The smallest absolute Gasteiger partial charge is 0.254 e. The molecule has 180 valence electrons. The van der Waals surface area contributed by atoms with Crippen molar-refractivity contribution in [3.63, 3.8) is 0 Å². The lowest BCUT2D eigenvalue weighted by Gasteiger charge is -2.39. The Kier molecular flexibility index (Phi) is 7.85. The van der Waals surface area contributed by atoms with Gasteiger partial charge in [-0.25, -0.2) is 4.21 Å².